The predicted molar refractivity (Wildman–Crippen MR) is 110 cm³/mol. The molecule has 0 unspecified atom stereocenters. The molecule has 1 N–H and O–H groups in total. The van der Waals surface area contributed by atoms with E-state index >= 15 is 0 Å². The van der Waals surface area contributed by atoms with Crippen molar-refractivity contribution in [2.45, 2.75) is 12.7 Å². The molecule has 0 aliphatic heterocycles. The molecule has 2 aromatic rings. The standard InChI is InChI=1S/C17H18Cl2N2O4S2/c1-2-27(23,24)11-14-7-8-15(26-14)16(12-3-5-13(19)6-4-12)20-21-17(22)25-10-9-18/h3-8H,2,9-11H2,1H3,(H,21,22). The van der Waals surface area contributed by atoms with Crippen LogP contribution in [0.15, 0.2) is 41.5 Å². The maximum absolute atomic E-state index is 11.8. The number of ether oxygens (including phenoxy) is 1. The Kier molecular flexibility index (Phi) is 8.09. The average Bonchev–Trinajstić information content (AvgIpc) is 3.09. The van der Waals surface area contributed by atoms with Gasteiger partial charge in [-0.15, -0.1) is 22.9 Å². The van der Waals surface area contributed by atoms with Crippen molar-refractivity contribution in [1.29, 1.82) is 0 Å². The molecule has 27 heavy (non-hydrogen) atoms. The Morgan fingerprint density at radius 1 is 1.22 bits per heavy atom. The minimum atomic E-state index is -3.14. The Bertz CT molecular complexity index is 909. The highest BCUT2D eigenvalue weighted by Crippen LogP contribution is 2.23. The van der Waals surface area contributed by atoms with Crippen LogP contribution in [0.1, 0.15) is 22.2 Å². The Hall–Kier alpha value is -1.61. The number of sulfone groups is 1. The van der Waals surface area contributed by atoms with Gasteiger partial charge in [-0.2, -0.15) is 5.10 Å². The third kappa shape index (κ3) is 6.80. The van der Waals surface area contributed by atoms with Crippen molar-refractivity contribution in [3.8, 4) is 0 Å². The molecule has 2 rings (SSSR count). The van der Waals surface area contributed by atoms with E-state index < -0.39 is 15.9 Å². The molecule has 146 valence electrons. The normalized spacial score (nSPS) is 12.0. The number of hydrogen-bond acceptors (Lipinski definition) is 6. The fourth-order valence-corrected chi connectivity index (χ4v) is 4.56. The van der Waals surface area contributed by atoms with Gasteiger partial charge in [0, 0.05) is 21.2 Å². The molecule has 0 radical (unpaired) electrons. The van der Waals surface area contributed by atoms with Crippen LogP contribution in [0.3, 0.4) is 0 Å². The van der Waals surface area contributed by atoms with Crippen molar-refractivity contribution >= 4 is 56.2 Å². The van der Waals surface area contributed by atoms with Gasteiger partial charge in [-0.05, 0) is 24.3 Å². The van der Waals surface area contributed by atoms with Crippen molar-refractivity contribution in [2.24, 2.45) is 5.10 Å². The van der Waals surface area contributed by atoms with E-state index in [0.717, 1.165) is 0 Å². The number of amides is 1. The molecule has 0 aliphatic rings. The van der Waals surface area contributed by atoms with Gasteiger partial charge in [-0.1, -0.05) is 30.7 Å². The summed E-state index contributed by atoms with van der Waals surface area (Å²) < 4.78 is 28.5. The average molecular weight is 449 g/mol. The minimum Gasteiger partial charge on any atom is -0.447 e. The third-order valence-corrected chi connectivity index (χ3v) is 6.70. The van der Waals surface area contributed by atoms with Crippen molar-refractivity contribution in [3.05, 3.63) is 56.7 Å². The summed E-state index contributed by atoms with van der Waals surface area (Å²) in [5.41, 5.74) is 3.51. The highest BCUT2D eigenvalue weighted by Gasteiger charge is 2.15. The van der Waals surface area contributed by atoms with Crippen LogP contribution in [0.4, 0.5) is 4.79 Å². The van der Waals surface area contributed by atoms with Gasteiger partial charge < -0.3 is 4.74 Å². The lowest BCUT2D eigenvalue weighted by atomic mass is 10.1. The van der Waals surface area contributed by atoms with Crippen molar-refractivity contribution in [1.82, 2.24) is 5.43 Å². The number of rotatable bonds is 8. The fourth-order valence-electron chi connectivity index (χ4n) is 2.04. The Labute approximate surface area is 172 Å². The number of carbonyl (C=O) groups excluding carboxylic acids is 1. The van der Waals surface area contributed by atoms with Gasteiger partial charge in [0.1, 0.15) is 12.3 Å². The number of nitrogens with zero attached hydrogens (tertiary/aromatic N) is 1. The number of alkyl halides is 1. The first-order valence-electron chi connectivity index (χ1n) is 7.96. The van der Waals surface area contributed by atoms with E-state index in [9.17, 15) is 13.2 Å². The smallest absolute Gasteiger partial charge is 0.427 e. The Morgan fingerprint density at radius 3 is 2.56 bits per heavy atom. The number of nitrogens with one attached hydrogen (secondary N) is 1. The molecular weight excluding hydrogens is 431 g/mol. The molecule has 0 fully saturated rings. The van der Waals surface area contributed by atoms with Crippen LogP contribution in [-0.4, -0.2) is 38.5 Å². The topological polar surface area (TPSA) is 84.8 Å². The summed E-state index contributed by atoms with van der Waals surface area (Å²) in [6.07, 6.45) is -0.729. The highest BCUT2D eigenvalue weighted by molar-refractivity contribution is 7.90. The van der Waals surface area contributed by atoms with Crippen molar-refractivity contribution in [2.75, 3.05) is 18.2 Å². The fraction of sp³-hybridized carbons (Fsp3) is 0.294. The first-order chi connectivity index (χ1) is 12.8. The maximum atomic E-state index is 11.8. The highest BCUT2D eigenvalue weighted by atomic mass is 35.5. The van der Waals surface area contributed by atoms with Gasteiger partial charge in [-0.25, -0.2) is 18.6 Å². The zero-order valence-corrected chi connectivity index (χ0v) is 17.6. The maximum Gasteiger partial charge on any atom is 0.427 e. The van der Waals surface area contributed by atoms with Gasteiger partial charge in [0.15, 0.2) is 9.84 Å². The molecule has 0 atom stereocenters. The largest absolute Gasteiger partial charge is 0.447 e. The number of thiophene rings is 1. The van der Waals surface area contributed by atoms with Crippen molar-refractivity contribution < 1.29 is 17.9 Å². The molecule has 1 aromatic carbocycles. The second kappa shape index (κ2) is 10.1. The van der Waals surface area contributed by atoms with E-state index in [-0.39, 0.29) is 24.0 Å². The summed E-state index contributed by atoms with van der Waals surface area (Å²) in [4.78, 5) is 13.1. The molecule has 0 spiro atoms. The van der Waals surface area contributed by atoms with E-state index in [1.807, 2.05) is 0 Å². The van der Waals surface area contributed by atoms with E-state index in [4.69, 9.17) is 27.9 Å². The lowest BCUT2D eigenvalue weighted by Crippen LogP contribution is -2.22. The van der Waals surface area contributed by atoms with E-state index in [0.29, 0.717) is 26.1 Å². The lowest BCUT2D eigenvalue weighted by molar-refractivity contribution is 0.153. The molecule has 0 saturated carbocycles. The van der Waals surface area contributed by atoms with E-state index in [2.05, 4.69) is 10.5 Å². The van der Waals surface area contributed by atoms with Crippen LogP contribution < -0.4 is 5.43 Å². The number of hydrazone groups is 1. The van der Waals surface area contributed by atoms with Crippen LogP contribution in [0.5, 0.6) is 0 Å². The summed E-state index contributed by atoms with van der Waals surface area (Å²) in [5.74, 6) is 0.223. The lowest BCUT2D eigenvalue weighted by Gasteiger charge is -2.06. The molecule has 0 aliphatic carbocycles. The number of benzene rings is 1. The monoisotopic (exact) mass is 448 g/mol. The third-order valence-electron chi connectivity index (χ3n) is 3.38. The first kappa shape index (κ1) is 21.7. The molecule has 0 saturated heterocycles. The van der Waals surface area contributed by atoms with Gasteiger partial charge >= 0.3 is 6.09 Å². The number of carbonyl (C=O) groups is 1. The first-order valence-corrected chi connectivity index (χ1v) is 11.5. The molecular formula is C17H18Cl2N2O4S2. The number of halogens is 2. The summed E-state index contributed by atoms with van der Waals surface area (Å²) in [5, 5.41) is 4.71. The Morgan fingerprint density at radius 2 is 1.93 bits per heavy atom. The van der Waals surface area contributed by atoms with Gasteiger partial charge in [0.05, 0.1) is 16.5 Å². The van der Waals surface area contributed by atoms with Crippen LogP contribution >= 0.6 is 34.5 Å². The predicted octanol–water partition coefficient (Wildman–Crippen LogP) is 4.05. The molecule has 6 nitrogen and oxygen atoms in total. The second-order valence-electron chi connectivity index (χ2n) is 5.35. The van der Waals surface area contributed by atoms with Gasteiger partial charge in [0.25, 0.3) is 0 Å². The number of hydrogen-bond donors (Lipinski definition) is 1. The molecule has 1 heterocycles. The SMILES string of the molecule is CCS(=O)(=O)Cc1ccc(C(=NNC(=O)OCCCl)c2ccc(Cl)cc2)s1. The zero-order chi connectivity index (χ0) is 19.9. The van der Waals surface area contributed by atoms with E-state index in [1.54, 1.807) is 43.3 Å². The quantitative estimate of drug-likeness (QED) is 0.374. The molecule has 10 heteroatoms. The summed E-state index contributed by atoms with van der Waals surface area (Å²) in [7, 11) is -3.14. The molecule has 1 aromatic heterocycles. The van der Waals surface area contributed by atoms with Gasteiger partial charge in [0.2, 0.25) is 0 Å². The minimum absolute atomic E-state index is 0.0345. The van der Waals surface area contributed by atoms with Crippen LogP contribution in [-0.2, 0) is 20.3 Å². The van der Waals surface area contributed by atoms with Gasteiger partial charge in [-0.3, -0.25) is 0 Å². The Balaban J connectivity index is 2.31. The zero-order valence-electron chi connectivity index (χ0n) is 14.4. The van der Waals surface area contributed by atoms with Crippen molar-refractivity contribution in [3.63, 3.8) is 0 Å². The van der Waals surface area contributed by atoms with Crippen LogP contribution in [0.25, 0.3) is 0 Å². The molecule has 0 bridgehead atoms. The van der Waals surface area contributed by atoms with Crippen LogP contribution in [0.2, 0.25) is 5.02 Å². The summed E-state index contributed by atoms with van der Waals surface area (Å²) >= 11 is 12.7. The summed E-state index contributed by atoms with van der Waals surface area (Å²) in [6.45, 7) is 1.68. The molecule has 1 amide bonds. The second-order valence-corrected chi connectivity index (χ2v) is 9.68. The summed E-state index contributed by atoms with van der Waals surface area (Å²) in [6, 6.07) is 10.4. The van der Waals surface area contributed by atoms with Crippen LogP contribution in [0, 0.1) is 0 Å². The van der Waals surface area contributed by atoms with E-state index in [1.165, 1.54) is 11.3 Å².